The van der Waals surface area contributed by atoms with E-state index in [2.05, 4.69) is 15.0 Å². The molecule has 2 heterocycles. The Morgan fingerprint density at radius 1 is 1.30 bits per heavy atom. The molecule has 100 valence electrons. The predicted octanol–water partition coefficient (Wildman–Crippen LogP) is 2.56. The number of nitrogens with one attached hydrogen (secondary N) is 1. The van der Waals surface area contributed by atoms with Crippen molar-refractivity contribution in [1.29, 1.82) is 0 Å². The van der Waals surface area contributed by atoms with E-state index in [0.29, 0.717) is 5.82 Å². The molecule has 0 aliphatic rings. The second-order valence-electron chi connectivity index (χ2n) is 4.63. The lowest BCUT2D eigenvalue weighted by molar-refractivity contribution is -0.136. The Labute approximate surface area is 115 Å². The first-order chi connectivity index (χ1) is 9.63. The second-order valence-corrected chi connectivity index (χ2v) is 4.63. The van der Waals surface area contributed by atoms with Crippen molar-refractivity contribution < 1.29 is 9.90 Å². The molecule has 3 rings (SSSR count). The van der Waals surface area contributed by atoms with Crippen molar-refractivity contribution in [2.75, 3.05) is 0 Å². The molecule has 0 aliphatic carbocycles. The molecule has 0 fully saturated rings. The molecule has 0 amide bonds. The van der Waals surface area contributed by atoms with Crippen LogP contribution in [-0.4, -0.2) is 26.0 Å². The molecule has 0 atom stereocenters. The molecule has 0 aliphatic heterocycles. The normalized spacial score (nSPS) is 10.8. The highest BCUT2D eigenvalue weighted by atomic mass is 16.4. The summed E-state index contributed by atoms with van der Waals surface area (Å²) in [5.74, 6) is -0.151. The first kappa shape index (κ1) is 12.3. The number of aromatic amines is 1. The van der Waals surface area contributed by atoms with Crippen molar-refractivity contribution >= 4 is 17.0 Å². The first-order valence-electron chi connectivity index (χ1n) is 6.26. The molecule has 5 nitrogen and oxygen atoms in total. The zero-order valence-corrected chi connectivity index (χ0v) is 10.9. The zero-order valence-electron chi connectivity index (χ0n) is 10.9. The molecule has 1 aromatic carbocycles. The van der Waals surface area contributed by atoms with Crippen LogP contribution >= 0.6 is 0 Å². The van der Waals surface area contributed by atoms with E-state index in [1.54, 1.807) is 6.07 Å². The third kappa shape index (κ3) is 2.25. The predicted molar refractivity (Wildman–Crippen MR) is 75.4 cm³/mol. The van der Waals surface area contributed by atoms with Crippen LogP contribution < -0.4 is 0 Å². The Balaban J connectivity index is 2.15. The number of hydrogen-bond acceptors (Lipinski definition) is 3. The number of aliphatic carboxylic acids is 1. The van der Waals surface area contributed by atoms with E-state index in [4.69, 9.17) is 5.11 Å². The zero-order chi connectivity index (χ0) is 14.1. The number of carboxylic acids is 1. The maximum atomic E-state index is 10.8. The highest BCUT2D eigenvalue weighted by Gasteiger charge is 2.10. The number of fused-ring (bicyclic) bond motifs is 1. The summed E-state index contributed by atoms with van der Waals surface area (Å²) in [6, 6.07) is 9.33. The van der Waals surface area contributed by atoms with Crippen molar-refractivity contribution in [3.05, 3.63) is 47.9 Å². The third-order valence-corrected chi connectivity index (χ3v) is 3.07. The minimum atomic E-state index is -0.842. The molecule has 2 N–H and O–H groups in total. The number of benzene rings is 1. The van der Waals surface area contributed by atoms with Crippen molar-refractivity contribution in [1.82, 2.24) is 15.0 Å². The Morgan fingerprint density at radius 2 is 2.15 bits per heavy atom. The van der Waals surface area contributed by atoms with Crippen LogP contribution in [0.15, 0.2) is 36.5 Å². The van der Waals surface area contributed by atoms with Crippen molar-refractivity contribution in [3.63, 3.8) is 0 Å². The van der Waals surface area contributed by atoms with Gasteiger partial charge < -0.3 is 10.1 Å². The van der Waals surface area contributed by atoms with Crippen LogP contribution in [0.2, 0.25) is 0 Å². The number of rotatable bonds is 3. The summed E-state index contributed by atoms with van der Waals surface area (Å²) in [6.45, 7) is 1.84. The lowest BCUT2D eigenvalue weighted by atomic mass is 10.0. The standard InChI is InChI=1S/C15H13N3O2/c1-9-17-12-5-6-16-15(12)14(18-9)11-4-2-3-10(7-11)8-13(19)20/h2-7,16H,8H2,1H3,(H,19,20). The van der Waals surface area contributed by atoms with Gasteiger partial charge >= 0.3 is 5.97 Å². The number of aryl methyl sites for hydroxylation is 1. The van der Waals surface area contributed by atoms with Crippen molar-refractivity contribution in [3.8, 4) is 11.3 Å². The smallest absolute Gasteiger partial charge is 0.307 e. The van der Waals surface area contributed by atoms with Crippen LogP contribution in [-0.2, 0) is 11.2 Å². The molecule has 3 aromatic rings. The van der Waals surface area contributed by atoms with Crippen LogP contribution in [0.1, 0.15) is 11.4 Å². The highest BCUT2D eigenvalue weighted by molar-refractivity contribution is 5.89. The van der Waals surface area contributed by atoms with Crippen molar-refractivity contribution in [2.24, 2.45) is 0 Å². The third-order valence-electron chi connectivity index (χ3n) is 3.07. The van der Waals surface area contributed by atoms with E-state index in [9.17, 15) is 4.79 Å². The summed E-state index contributed by atoms with van der Waals surface area (Å²) in [5, 5.41) is 8.88. The number of carboxylic acid groups (broad SMARTS) is 1. The molecule has 5 heteroatoms. The maximum absolute atomic E-state index is 10.8. The van der Waals surface area contributed by atoms with Crippen LogP contribution in [0.3, 0.4) is 0 Å². The largest absolute Gasteiger partial charge is 0.481 e. The lowest BCUT2D eigenvalue weighted by Gasteiger charge is -2.06. The molecule has 0 radical (unpaired) electrons. The van der Waals surface area contributed by atoms with Gasteiger partial charge in [-0.15, -0.1) is 0 Å². The summed E-state index contributed by atoms with van der Waals surface area (Å²) in [4.78, 5) is 22.8. The minimum absolute atomic E-state index is 0.00573. The first-order valence-corrected chi connectivity index (χ1v) is 6.26. The summed E-state index contributed by atoms with van der Waals surface area (Å²) in [7, 11) is 0. The average Bonchev–Trinajstić information content (AvgIpc) is 2.85. The van der Waals surface area contributed by atoms with Crippen LogP contribution in [0.4, 0.5) is 0 Å². The monoisotopic (exact) mass is 267 g/mol. The van der Waals surface area contributed by atoms with Gasteiger partial charge in [0.05, 0.1) is 23.1 Å². The van der Waals surface area contributed by atoms with Crippen LogP contribution in [0, 0.1) is 6.92 Å². The fourth-order valence-electron chi connectivity index (χ4n) is 2.27. The number of carbonyl (C=O) groups is 1. The summed E-state index contributed by atoms with van der Waals surface area (Å²) < 4.78 is 0. The van der Waals surface area contributed by atoms with Gasteiger partial charge in [-0.2, -0.15) is 0 Å². The number of aromatic nitrogens is 3. The average molecular weight is 267 g/mol. The summed E-state index contributed by atoms with van der Waals surface area (Å²) in [5.41, 5.74) is 4.16. The number of hydrogen-bond donors (Lipinski definition) is 2. The molecule has 0 bridgehead atoms. The number of H-pyrrole nitrogens is 1. The van der Waals surface area contributed by atoms with E-state index in [0.717, 1.165) is 27.9 Å². The van der Waals surface area contributed by atoms with E-state index >= 15 is 0 Å². The van der Waals surface area contributed by atoms with Gasteiger partial charge in [0.15, 0.2) is 0 Å². The quantitative estimate of drug-likeness (QED) is 0.764. The van der Waals surface area contributed by atoms with Gasteiger partial charge in [0, 0.05) is 11.8 Å². The Hall–Kier alpha value is -2.69. The minimum Gasteiger partial charge on any atom is -0.481 e. The molecule has 0 saturated heterocycles. The van der Waals surface area contributed by atoms with E-state index < -0.39 is 5.97 Å². The summed E-state index contributed by atoms with van der Waals surface area (Å²) in [6.07, 6.45) is 1.83. The molecular formula is C15H13N3O2. The van der Waals surface area contributed by atoms with Crippen LogP contribution in [0.25, 0.3) is 22.3 Å². The highest BCUT2D eigenvalue weighted by Crippen LogP contribution is 2.25. The Kier molecular flexibility index (Phi) is 2.95. The molecule has 0 unspecified atom stereocenters. The van der Waals surface area contributed by atoms with Gasteiger partial charge in [0.1, 0.15) is 5.82 Å². The molecule has 0 spiro atoms. The Bertz CT molecular complexity index is 793. The van der Waals surface area contributed by atoms with Gasteiger partial charge in [-0.25, -0.2) is 9.97 Å². The number of nitrogens with zero attached hydrogens (tertiary/aromatic N) is 2. The van der Waals surface area contributed by atoms with E-state index in [1.807, 2.05) is 37.4 Å². The maximum Gasteiger partial charge on any atom is 0.307 e. The lowest BCUT2D eigenvalue weighted by Crippen LogP contribution is -2.00. The van der Waals surface area contributed by atoms with Gasteiger partial charge in [0.2, 0.25) is 0 Å². The molecule has 0 saturated carbocycles. The van der Waals surface area contributed by atoms with Gasteiger partial charge in [0.25, 0.3) is 0 Å². The van der Waals surface area contributed by atoms with E-state index in [1.165, 1.54) is 0 Å². The Morgan fingerprint density at radius 3 is 2.95 bits per heavy atom. The summed E-state index contributed by atoms with van der Waals surface area (Å²) >= 11 is 0. The fourth-order valence-corrected chi connectivity index (χ4v) is 2.27. The molecule has 20 heavy (non-hydrogen) atoms. The fraction of sp³-hybridized carbons (Fsp3) is 0.133. The van der Waals surface area contributed by atoms with E-state index in [-0.39, 0.29) is 6.42 Å². The van der Waals surface area contributed by atoms with Gasteiger partial charge in [-0.05, 0) is 24.6 Å². The molecular weight excluding hydrogens is 254 g/mol. The van der Waals surface area contributed by atoms with Gasteiger partial charge in [-0.3, -0.25) is 4.79 Å². The topological polar surface area (TPSA) is 78.9 Å². The van der Waals surface area contributed by atoms with Crippen LogP contribution in [0.5, 0.6) is 0 Å². The second kappa shape index (κ2) is 4.77. The SMILES string of the molecule is Cc1nc(-c2cccc(CC(=O)O)c2)c2[nH]ccc2n1. The van der Waals surface area contributed by atoms with Crippen molar-refractivity contribution in [2.45, 2.75) is 13.3 Å². The van der Waals surface area contributed by atoms with Gasteiger partial charge in [-0.1, -0.05) is 18.2 Å². The molecule has 2 aromatic heterocycles.